The maximum atomic E-state index is 2.54. The standard InChI is InChI=1S/C8H5S2Si.3CH3.Sn/c1-3-9-7-5(1)11-6-2-4-10-8(6)7;;;;/h1,3-4H,11H2;3*1H3;. The summed E-state index contributed by atoms with van der Waals surface area (Å²) in [6.45, 7) is 0. The molecule has 0 bridgehead atoms. The second-order valence-corrected chi connectivity index (χ2v) is 23.2. The van der Waals surface area contributed by atoms with Gasteiger partial charge in [0.2, 0.25) is 0 Å². The Hall–Kier alpha value is 0.416. The summed E-state index contributed by atoms with van der Waals surface area (Å²) in [5.41, 5.74) is 0. The van der Waals surface area contributed by atoms with Gasteiger partial charge in [0.1, 0.15) is 0 Å². The summed E-state index contributed by atoms with van der Waals surface area (Å²) < 4.78 is 1.82. The zero-order chi connectivity index (χ0) is 10.6. The van der Waals surface area contributed by atoms with E-state index in [4.69, 9.17) is 0 Å². The van der Waals surface area contributed by atoms with E-state index in [0.717, 1.165) is 0 Å². The molecule has 0 aromatic carbocycles. The molecule has 0 fully saturated rings. The predicted molar refractivity (Wildman–Crippen MR) is 78.4 cm³/mol. The first-order valence-corrected chi connectivity index (χ1v) is 18.4. The van der Waals surface area contributed by atoms with Crippen LogP contribution in [0.5, 0.6) is 0 Å². The average molecular weight is 357 g/mol. The summed E-state index contributed by atoms with van der Waals surface area (Å²) in [5, 5.41) is 8.28. The van der Waals surface area contributed by atoms with Gasteiger partial charge in [-0.1, -0.05) is 0 Å². The van der Waals surface area contributed by atoms with Crippen LogP contribution >= 0.6 is 22.7 Å². The second kappa shape index (κ2) is 3.45. The van der Waals surface area contributed by atoms with Crippen LogP contribution in [0.1, 0.15) is 0 Å². The zero-order valence-corrected chi connectivity index (χ0v) is 15.2. The van der Waals surface area contributed by atoms with Gasteiger partial charge >= 0.3 is 106 Å². The van der Waals surface area contributed by atoms with Crippen molar-refractivity contribution in [3.05, 3.63) is 16.8 Å². The second-order valence-electron chi connectivity index (χ2n) is 5.16. The van der Waals surface area contributed by atoms with E-state index in [9.17, 15) is 0 Å². The van der Waals surface area contributed by atoms with Crippen molar-refractivity contribution in [3.63, 3.8) is 0 Å². The molecule has 0 N–H and O–H groups in total. The average Bonchev–Trinajstić information content (AvgIpc) is 2.68. The van der Waals surface area contributed by atoms with Gasteiger partial charge in [-0.25, -0.2) is 0 Å². The molecule has 3 heterocycles. The van der Waals surface area contributed by atoms with Crippen molar-refractivity contribution in [2.75, 3.05) is 0 Å². The van der Waals surface area contributed by atoms with Gasteiger partial charge in [-0.15, -0.1) is 0 Å². The Bertz CT molecular complexity index is 519. The van der Waals surface area contributed by atoms with Crippen molar-refractivity contribution in [1.82, 2.24) is 0 Å². The maximum absolute atomic E-state index is 2.54. The van der Waals surface area contributed by atoms with Crippen LogP contribution in [0, 0.1) is 0 Å². The van der Waals surface area contributed by atoms with Crippen LogP contribution in [0.15, 0.2) is 16.8 Å². The molecule has 4 heteroatoms. The molecular weight excluding hydrogens is 343 g/mol. The van der Waals surface area contributed by atoms with Crippen molar-refractivity contribution >= 4 is 64.5 Å². The molecule has 2 aromatic heterocycles. The fourth-order valence-corrected chi connectivity index (χ4v) is 18.7. The van der Waals surface area contributed by atoms with Crippen LogP contribution < -0.4 is 14.0 Å². The first-order valence-electron chi connectivity index (χ1n) is 5.25. The molecule has 15 heavy (non-hydrogen) atoms. The first kappa shape index (κ1) is 10.6. The van der Waals surface area contributed by atoms with E-state index in [1.165, 1.54) is 0 Å². The molecule has 0 spiro atoms. The molecule has 0 saturated heterocycles. The van der Waals surface area contributed by atoms with Crippen LogP contribution in [0.4, 0.5) is 0 Å². The predicted octanol–water partition coefficient (Wildman–Crippen LogP) is 1.45. The Morgan fingerprint density at radius 3 is 2.67 bits per heavy atom. The Labute approximate surface area is 105 Å². The molecule has 0 unspecified atom stereocenters. The van der Waals surface area contributed by atoms with Crippen LogP contribution in [0.3, 0.4) is 0 Å². The van der Waals surface area contributed by atoms with E-state index in [1.807, 2.05) is 31.4 Å². The summed E-state index contributed by atoms with van der Waals surface area (Å²) in [4.78, 5) is 10.9. The molecule has 78 valence electrons. The van der Waals surface area contributed by atoms with Gasteiger partial charge in [0.25, 0.3) is 0 Å². The van der Waals surface area contributed by atoms with E-state index < -0.39 is 18.4 Å². The van der Waals surface area contributed by atoms with E-state index in [-0.39, 0.29) is 9.52 Å². The van der Waals surface area contributed by atoms with Crippen molar-refractivity contribution in [1.29, 1.82) is 0 Å². The molecule has 2 aromatic rings. The minimum absolute atomic E-state index is 0.111. The molecule has 1 aliphatic heterocycles. The topological polar surface area (TPSA) is 0 Å². The van der Waals surface area contributed by atoms with Crippen molar-refractivity contribution in [2.45, 2.75) is 14.8 Å². The molecule has 1 aliphatic rings. The Kier molecular flexibility index (Phi) is 2.43. The molecule has 0 nitrogen and oxygen atoms in total. The van der Waals surface area contributed by atoms with Crippen molar-refractivity contribution in [3.8, 4) is 9.75 Å². The van der Waals surface area contributed by atoms with Gasteiger partial charge in [-0.2, -0.15) is 0 Å². The van der Waals surface area contributed by atoms with Crippen molar-refractivity contribution in [2.24, 2.45) is 0 Å². The monoisotopic (exact) mass is 358 g/mol. The van der Waals surface area contributed by atoms with E-state index in [0.29, 0.717) is 0 Å². The zero-order valence-electron chi connectivity index (χ0n) is 9.26. The normalized spacial score (nSPS) is 15.7. The molecular formula is C11H14S2SiSn. The summed E-state index contributed by atoms with van der Waals surface area (Å²) >= 11 is 2.13. The number of fused-ring (bicyclic) bond motifs is 3. The number of thiophene rings is 2. The summed E-state index contributed by atoms with van der Waals surface area (Å²) in [7, 11) is -0.111. The van der Waals surface area contributed by atoms with Crippen LogP contribution in [0.25, 0.3) is 9.75 Å². The van der Waals surface area contributed by atoms with E-state index in [1.54, 1.807) is 14.9 Å². The Morgan fingerprint density at radius 2 is 1.93 bits per heavy atom. The molecule has 0 radical (unpaired) electrons. The van der Waals surface area contributed by atoms with Crippen LogP contribution in [0.2, 0.25) is 14.8 Å². The number of hydrogen-bond donors (Lipinski definition) is 0. The number of rotatable bonds is 1. The summed E-state index contributed by atoms with van der Waals surface area (Å²) in [5.74, 6) is 0. The fraction of sp³-hybridized carbons (Fsp3) is 0.273. The van der Waals surface area contributed by atoms with Gasteiger partial charge in [0.05, 0.1) is 0 Å². The Morgan fingerprint density at radius 1 is 1.13 bits per heavy atom. The third-order valence-corrected chi connectivity index (χ3v) is 15.2. The summed E-state index contributed by atoms with van der Waals surface area (Å²) in [6.07, 6.45) is 0. The molecule has 0 atom stereocenters. The molecule has 3 rings (SSSR count). The minimum atomic E-state index is -1.83. The van der Waals surface area contributed by atoms with E-state index >= 15 is 0 Å². The third-order valence-electron chi connectivity index (χ3n) is 3.02. The molecule has 0 amide bonds. The Balaban J connectivity index is 2.19. The first-order chi connectivity index (χ1) is 7.07. The third kappa shape index (κ3) is 1.59. The van der Waals surface area contributed by atoms with Gasteiger partial charge in [0, 0.05) is 0 Å². The van der Waals surface area contributed by atoms with Crippen molar-refractivity contribution < 1.29 is 0 Å². The molecule has 0 saturated carbocycles. The van der Waals surface area contributed by atoms with Gasteiger partial charge in [0.15, 0.2) is 0 Å². The SMILES string of the molecule is [CH3][Sn]([CH3])([CH3])[c]1csc2c1[SiH2]c1ccsc1-2. The van der Waals surface area contributed by atoms with E-state index in [2.05, 4.69) is 31.6 Å². The van der Waals surface area contributed by atoms with Gasteiger partial charge in [-0.05, 0) is 0 Å². The molecule has 0 aliphatic carbocycles. The van der Waals surface area contributed by atoms with Crippen LogP contribution in [-0.2, 0) is 0 Å². The quantitative estimate of drug-likeness (QED) is 0.579. The fourth-order valence-electron chi connectivity index (χ4n) is 2.24. The number of hydrogen-bond acceptors (Lipinski definition) is 2. The van der Waals surface area contributed by atoms with Gasteiger partial charge < -0.3 is 0 Å². The summed E-state index contributed by atoms with van der Waals surface area (Å²) in [6, 6.07) is 2.36. The van der Waals surface area contributed by atoms with Gasteiger partial charge in [-0.3, -0.25) is 0 Å². The van der Waals surface area contributed by atoms with Crippen LogP contribution in [-0.4, -0.2) is 27.9 Å².